The lowest BCUT2D eigenvalue weighted by Gasteiger charge is -2.37. The van der Waals surface area contributed by atoms with Crippen molar-refractivity contribution in [1.82, 2.24) is 0 Å². The largest absolute Gasteiger partial charge is 0.389 e. The van der Waals surface area contributed by atoms with Crippen molar-refractivity contribution in [2.75, 3.05) is 18.0 Å². The molecule has 0 unspecified atom stereocenters. The average molecular weight is 407 g/mol. The van der Waals surface area contributed by atoms with E-state index >= 15 is 0 Å². The first-order valence-corrected chi connectivity index (χ1v) is 7.36. The number of non-ortho nitro benzene ring substituents is 2. The van der Waals surface area contributed by atoms with Gasteiger partial charge in [-0.3, -0.25) is 20.2 Å². The van der Waals surface area contributed by atoms with E-state index in [1.807, 2.05) is 0 Å². The Bertz CT molecular complexity index is 890. The Morgan fingerprint density at radius 2 is 1.18 bits per heavy atom. The highest BCUT2D eigenvalue weighted by molar-refractivity contribution is 5.55. The first-order valence-electron chi connectivity index (χ1n) is 7.36. The Morgan fingerprint density at radius 1 is 0.821 bits per heavy atom. The summed E-state index contributed by atoms with van der Waals surface area (Å²) in [5.74, 6) is -6.82. The standard InChI is InChI=1S/C9H8F2N2O3.C6H2F3NO2/c10-7-1-5(13(15)16)2-8(11)9(7)12-3-6(14)4-12;7-4-1-3(10(11)12)2-5(8)6(4)9/h1-2,6,14H,3-4H2;1-2H. The molecular formula is C15H10F5N3O5. The van der Waals surface area contributed by atoms with Gasteiger partial charge < -0.3 is 10.0 Å². The van der Waals surface area contributed by atoms with Crippen molar-refractivity contribution in [2.24, 2.45) is 0 Å². The summed E-state index contributed by atoms with van der Waals surface area (Å²) in [6.07, 6.45) is -0.603. The lowest BCUT2D eigenvalue weighted by Crippen LogP contribution is -2.51. The Labute approximate surface area is 152 Å². The molecule has 0 radical (unpaired) electrons. The molecule has 1 saturated heterocycles. The van der Waals surface area contributed by atoms with Gasteiger partial charge in [0.05, 0.1) is 40.2 Å². The second-order valence-electron chi connectivity index (χ2n) is 5.55. The monoisotopic (exact) mass is 407 g/mol. The minimum Gasteiger partial charge on any atom is -0.389 e. The van der Waals surface area contributed by atoms with E-state index in [1.165, 1.54) is 4.90 Å². The maximum atomic E-state index is 13.4. The van der Waals surface area contributed by atoms with E-state index in [4.69, 9.17) is 5.11 Å². The Hall–Kier alpha value is -3.35. The molecular weight excluding hydrogens is 397 g/mol. The van der Waals surface area contributed by atoms with Gasteiger partial charge >= 0.3 is 0 Å². The van der Waals surface area contributed by atoms with Crippen LogP contribution in [0, 0.1) is 49.3 Å². The van der Waals surface area contributed by atoms with Gasteiger partial charge in [0, 0.05) is 13.1 Å². The summed E-state index contributed by atoms with van der Waals surface area (Å²) in [6.45, 7) is 0.261. The molecule has 2 aromatic carbocycles. The molecule has 0 atom stereocenters. The van der Waals surface area contributed by atoms with E-state index in [2.05, 4.69) is 0 Å². The predicted molar refractivity (Wildman–Crippen MR) is 84.2 cm³/mol. The molecule has 28 heavy (non-hydrogen) atoms. The van der Waals surface area contributed by atoms with Crippen LogP contribution in [-0.4, -0.2) is 34.1 Å². The Balaban J connectivity index is 0.000000209. The predicted octanol–water partition coefficient (Wildman–Crippen LogP) is 3.07. The summed E-state index contributed by atoms with van der Waals surface area (Å²) in [4.78, 5) is 19.7. The quantitative estimate of drug-likeness (QED) is 0.363. The molecule has 0 amide bonds. The maximum absolute atomic E-state index is 13.4. The number of nitrogens with zero attached hydrogens (tertiary/aromatic N) is 3. The zero-order valence-corrected chi connectivity index (χ0v) is 13.6. The number of rotatable bonds is 3. The van der Waals surface area contributed by atoms with Gasteiger partial charge in [-0.2, -0.15) is 0 Å². The number of anilines is 1. The number of hydrogen-bond donors (Lipinski definition) is 1. The molecule has 1 fully saturated rings. The molecule has 13 heteroatoms. The van der Waals surface area contributed by atoms with Crippen LogP contribution in [0.5, 0.6) is 0 Å². The fraction of sp³-hybridized carbons (Fsp3) is 0.200. The fourth-order valence-electron chi connectivity index (χ4n) is 2.25. The van der Waals surface area contributed by atoms with Crippen LogP contribution in [0.2, 0.25) is 0 Å². The summed E-state index contributed by atoms with van der Waals surface area (Å²) < 4.78 is 63.6. The van der Waals surface area contributed by atoms with Crippen molar-refractivity contribution in [3.63, 3.8) is 0 Å². The minimum absolute atomic E-state index is 0.131. The molecule has 1 heterocycles. The normalized spacial score (nSPS) is 13.4. The number of β-amino-alcohol motifs (C(OH)–C–C–N with tert-alkyl or cyclic N) is 1. The SMILES string of the molecule is O=[N+]([O-])c1cc(F)c(F)c(F)c1.O=[N+]([O-])c1cc(F)c(N2CC(O)C2)c(F)c1. The van der Waals surface area contributed by atoms with Crippen LogP contribution in [0.25, 0.3) is 0 Å². The third-order valence-electron chi connectivity index (χ3n) is 3.57. The fourth-order valence-corrected chi connectivity index (χ4v) is 2.25. The highest BCUT2D eigenvalue weighted by atomic mass is 19.2. The molecule has 1 aliphatic heterocycles. The van der Waals surface area contributed by atoms with Gasteiger partial charge in [0.2, 0.25) is 0 Å². The average Bonchev–Trinajstić information content (AvgIpc) is 2.57. The van der Waals surface area contributed by atoms with Crippen molar-refractivity contribution in [2.45, 2.75) is 6.10 Å². The van der Waals surface area contributed by atoms with Crippen LogP contribution in [-0.2, 0) is 0 Å². The number of nitro groups is 2. The molecule has 0 bridgehead atoms. The van der Waals surface area contributed by atoms with Crippen molar-refractivity contribution >= 4 is 17.1 Å². The first kappa shape index (κ1) is 21.0. The van der Waals surface area contributed by atoms with Gasteiger partial charge in [-0.1, -0.05) is 0 Å². The Kier molecular flexibility index (Phi) is 6.08. The molecule has 0 saturated carbocycles. The number of hydrogen-bond acceptors (Lipinski definition) is 6. The van der Waals surface area contributed by atoms with E-state index in [1.54, 1.807) is 0 Å². The molecule has 8 nitrogen and oxygen atoms in total. The number of nitro benzene ring substituents is 2. The third kappa shape index (κ3) is 4.49. The summed E-state index contributed by atoms with van der Waals surface area (Å²) in [6, 6.07) is 1.98. The lowest BCUT2D eigenvalue weighted by atomic mass is 10.1. The van der Waals surface area contributed by atoms with Crippen molar-refractivity contribution in [3.05, 3.63) is 73.6 Å². The van der Waals surface area contributed by atoms with E-state index in [0.717, 1.165) is 0 Å². The van der Waals surface area contributed by atoms with Crippen molar-refractivity contribution < 1.29 is 36.9 Å². The molecule has 0 aromatic heterocycles. The first-order chi connectivity index (χ1) is 13.0. The second-order valence-corrected chi connectivity index (χ2v) is 5.55. The molecule has 3 rings (SSSR count). The van der Waals surface area contributed by atoms with Crippen molar-refractivity contribution in [3.8, 4) is 0 Å². The second kappa shape index (κ2) is 8.12. The smallest absolute Gasteiger partial charge is 0.275 e. The van der Waals surface area contributed by atoms with Gasteiger partial charge in [0.1, 0.15) is 5.69 Å². The summed E-state index contributed by atoms with van der Waals surface area (Å²) >= 11 is 0. The summed E-state index contributed by atoms with van der Waals surface area (Å²) in [5, 5.41) is 29.3. The van der Waals surface area contributed by atoms with Crippen LogP contribution in [0.4, 0.5) is 39.0 Å². The molecule has 150 valence electrons. The van der Waals surface area contributed by atoms with Crippen LogP contribution < -0.4 is 4.90 Å². The van der Waals surface area contributed by atoms with Gasteiger partial charge in [0.15, 0.2) is 29.1 Å². The van der Waals surface area contributed by atoms with E-state index in [9.17, 15) is 42.2 Å². The van der Waals surface area contributed by atoms with E-state index < -0.39 is 56.4 Å². The Morgan fingerprint density at radius 3 is 1.50 bits per heavy atom. The summed E-state index contributed by atoms with van der Waals surface area (Å²) in [5.41, 5.74) is -1.76. The molecule has 0 spiro atoms. The van der Waals surface area contributed by atoms with Gasteiger partial charge in [-0.05, 0) is 0 Å². The van der Waals surface area contributed by atoms with Gasteiger partial charge in [0.25, 0.3) is 11.4 Å². The van der Waals surface area contributed by atoms with Crippen LogP contribution in [0.1, 0.15) is 0 Å². The van der Waals surface area contributed by atoms with Gasteiger partial charge in [-0.15, -0.1) is 0 Å². The highest BCUT2D eigenvalue weighted by Gasteiger charge is 2.30. The van der Waals surface area contributed by atoms with Crippen LogP contribution in [0.3, 0.4) is 0 Å². The third-order valence-corrected chi connectivity index (χ3v) is 3.57. The molecule has 1 aliphatic rings. The molecule has 1 N–H and O–H groups in total. The minimum atomic E-state index is -1.71. The number of benzene rings is 2. The number of aliphatic hydroxyl groups excluding tert-OH is 1. The lowest BCUT2D eigenvalue weighted by molar-refractivity contribution is -0.385. The van der Waals surface area contributed by atoms with E-state index in [-0.39, 0.29) is 18.8 Å². The van der Waals surface area contributed by atoms with E-state index in [0.29, 0.717) is 24.3 Å². The van der Waals surface area contributed by atoms with Crippen LogP contribution >= 0.6 is 0 Å². The maximum Gasteiger partial charge on any atom is 0.275 e. The summed E-state index contributed by atoms with van der Waals surface area (Å²) in [7, 11) is 0. The zero-order valence-electron chi connectivity index (χ0n) is 13.6. The number of halogens is 5. The van der Waals surface area contributed by atoms with Gasteiger partial charge in [-0.25, -0.2) is 22.0 Å². The van der Waals surface area contributed by atoms with Crippen molar-refractivity contribution in [1.29, 1.82) is 0 Å². The molecule has 2 aromatic rings. The molecule has 0 aliphatic carbocycles. The van der Waals surface area contributed by atoms with Crippen LogP contribution in [0.15, 0.2) is 24.3 Å². The zero-order chi connectivity index (χ0) is 21.2. The number of aliphatic hydroxyl groups is 1. The topological polar surface area (TPSA) is 110 Å². The highest BCUT2D eigenvalue weighted by Crippen LogP contribution is 2.30.